The van der Waals surface area contributed by atoms with Gasteiger partial charge in [-0.3, -0.25) is 0 Å². The van der Waals surface area contributed by atoms with E-state index in [1.165, 1.54) is 0 Å². The van der Waals surface area contributed by atoms with Gasteiger partial charge in [-0.15, -0.1) is 12.6 Å². The molecule has 0 unspecified atom stereocenters. The monoisotopic (exact) mass is 208 g/mol. The van der Waals surface area contributed by atoms with Crippen LogP contribution in [0.5, 0.6) is 0 Å². The summed E-state index contributed by atoms with van der Waals surface area (Å²) in [6, 6.07) is 5.27. The molecule has 0 aliphatic heterocycles. The lowest BCUT2D eigenvalue weighted by Gasteiger charge is -1.95. The number of thiol groups is 1. The van der Waals surface area contributed by atoms with Crippen LogP contribution in [0, 0.1) is 0 Å². The molecular weight excluding hydrogens is 199 g/mol. The molecule has 1 aromatic rings. The lowest BCUT2D eigenvalue weighted by Crippen LogP contribution is -1.69. The Bertz CT molecular complexity index is 203. The number of hydrogen-bond donors (Lipinski definition) is 1. The van der Waals surface area contributed by atoms with Gasteiger partial charge in [-0.1, -0.05) is 43.1 Å². The highest BCUT2D eigenvalue weighted by molar-refractivity contribution is 7.80. The Hall–Kier alpha value is 0.150. The molecule has 0 spiro atoms. The van der Waals surface area contributed by atoms with Gasteiger partial charge in [0.1, 0.15) is 0 Å². The zero-order chi connectivity index (χ0) is 8.85. The van der Waals surface area contributed by atoms with Crippen molar-refractivity contribution in [3.63, 3.8) is 0 Å². The first-order valence-electron chi connectivity index (χ1n) is 3.35. The molecule has 11 heavy (non-hydrogen) atoms. The van der Waals surface area contributed by atoms with Gasteiger partial charge in [0.15, 0.2) is 0 Å². The zero-order valence-electron chi connectivity index (χ0n) is 6.44. The van der Waals surface area contributed by atoms with Crippen molar-refractivity contribution in [1.29, 1.82) is 0 Å². The third-order valence-corrected chi connectivity index (χ3v) is 2.31. The molecule has 0 heterocycles. The molecule has 0 radical (unpaired) electrons. The van der Waals surface area contributed by atoms with Gasteiger partial charge in [0.2, 0.25) is 0 Å². The van der Waals surface area contributed by atoms with Crippen LogP contribution in [0.1, 0.15) is 13.8 Å². The number of halogens is 2. The molecule has 3 heteroatoms. The lowest BCUT2D eigenvalue weighted by atomic mass is 10.4. The maximum absolute atomic E-state index is 5.65. The summed E-state index contributed by atoms with van der Waals surface area (Å²) >= 11 is 15.4. The normalized spacial score (nSPS) is 8.45. The minimum atomic E-state index is 0.589. The van der Waals surface area contributed by atoms with E-state index >= 15 is 0 Å². The molecule has 0 saturated carbocycles. The molecule has 0 aromatic heterocycles. The quantitative estimate of drug-likeness (QED) is 0.605. The average Bonchev–Trinajstić information content (AvgIpc) is 2.04. The SMILES string of the molecule is CC.Sc1c(Cl)cccc1Cl. The van der Waals surface area contributed by atoms with E-state index in [0.29, 0.717) is 14.9 Å². The van der Waals surface area contributed by atoms with Crippen LogP contribution in [0.4, 0.5) is 0 Å². The molecule has 0 N–H and O–H groups in total. The maximum atomic E-state index is 5.65. The molecule has 0 amide bonds. The second-order valence-corrected chi connectivity index (χ2v) is 2.83. The molecule has 0 nitrogen and oxygen atoms in total. The third kappa shape index (κ3) is 3.37. The van der Waals surface area contributed by atoms with Crippen molar-refractivity contribution in [2.45, 2.75) is 18.7 Å². The highest BCUT2D eigenvalue weighted by Crippen LogP contribution is 2.26. The van der Waals surface area contributed by atoms with E-state index in [1.807, 2.05) is 13.8 Å². The molecule has 0 aliphatic rings. The predicted octanol–water partition coefficient (Wildman–Crippen LogP) is 4.31. The van der Waals surface area contributed by atoms with Gasteiger partial charge in [-0.25, -0.2) is 0 Å². The molecule has 0 atom stereocenters. The zero-order valence-corrected chi connectivity index (χ0v) is 8.84. The summed E-state index contributed by atoms with van der Waals surface area (Å²) in [4.78, 5) is 0.640. The molecule has 1 aromatic carbocycles. The van der Waals surface area contributed by atoms with Gasteiger partial charge >= 0.3 is 0 Å². The summed E-state index contributed by atoms with van der Waals surface area (Å²) in [5.74, 6) is 0. The van der Waals surface area contributed by atoms with Gasteiger partial charge in [0.25, 0.3) is 0 Å². The fraction of sp³-hybridized carbons (Fsp3) is 0.250. The van der Waals surface area contributed by atoms with Crippen LogP contribution in [0.25, 0.3) is 0 Å². The van der Waals surface area contributed by atoms with Crippen molar-refractivity contribution in [2.24, 2.45) is 0 Å². The second kappa shape index (κ2) is 5.76. The minimum Gasteiger partial charge on any atom is -0.140 e. The van der Waals surface area contributed by atoms with Crippen LogP contribution in [0.3, 0.4) is 0 Å². The largest absolute Gasteiger partial charge is 0.140 e. The van der Waals surface area contributed by atoms with Gasteiger partial charge in [-0.05, 0) is 12.1 Å². The Labute approximate surface area is 82.9 Å². The van der Waals surface area contributed by atoms with Crippen molar-refractivity contribution >= 4 is 35.8 Å². The van der Waals surface area contributed by atoms with Crippen molar-refractivity contribution < 1.29 is 0 Å². The van der Waals surface area contributed by atoms with Crippen LogP contribution in [0.15, 0.2) is 23.1 Å². The molecule has 1 rings (SSSR count). The van der Waals surface area contributed by atoms with E-state index in [9.17, 15) is 0 Å². The van der Waals surface area contributed by atoms with E-state index in [2.05, 4.69) is 12.6 Å². The van der Waals surface area contributed by atoms with Crippen LogP contribution < -0.4 is 0 Å². The number of benzene rings is 1. The van der Waals surface area contributed by atoms with Gasteiger partial charge in [-0.2, -0.15) is 0 Å². The number of hydrogen-bond acceptors (Lipinski definition) is 1. The van der Waals surface area contributed by atoms with Crippen LogP contribution in [-0.4, -0.2) is 0 Å². The molecule has 0 bridgehead atoms. The molecule has 0 aliphatic carbocycles. The Morgan fingerprint density at radius 2 is 1.45 bits per heavy atom. The van der Waals surface area contributed by atoms with Gasteiger partial charge < -0.3 is 0 Å². The molecule has 0 fully saturated rings. The summed E-state index contributed by atoms with van der Waals surface area (Å²) in [6.07, 6.45) is 0. The van der Waals surface area contributed by atoms with E-state index in [0.717, 1.165) is 0 Å². The fourth-order valence-electron chi connectivity index (χ4n) is 0.489. The van der Waals surface area contributed by atoms with Crippen molar-refractivity contribution in [2.75, 3.05) is 0 Å². The highest BCUT2D eigenvalue weighted by Gasteiger charge is 1.97. The molecular formula is C8H10Cl2S. The first-order valence-corrected chi connectivity index (χ1v) is 4.55. The summed E-state index contributed by atoms with van der Waals surface area (Å²) in [5, 5.41) is 1.18. The Kier molecular flexibility index (Phi) is 5.83. The smallest absolute Gasteiger partial charge is 0.0554 e. The predicted molar refractivity (Wildman–Crippen MR) is 55.1 cm³/mol. The number of rotatable bonds is 0. The first kappa shape index (κ1) is 11.2. The second-order valence-electron chi connectivity index (χ2n) is 1.57. The highest BCUT2D eigenvalue weighted by atomic mass is 35.5. The molecule has 62 valence electrons. The standard InChI is InChI=1S/C6H4Cl2S.C2H6/c7-4-2-1-3-5(8)6(4)9;1-2/h1-3,9H;1-2H3. The van der Waals surface area contributed by atoms with Crippen molar-refractivity contribution in [3.8, 4) is 0 Å². The fourth-order valence-corrected chi connectivity index (χ4v) is 1.04. The van der Waals surface area contributed by atoms with Crippen molar-refractivity contribution in [3.05, 3.63) is 28.2 Å². The summed E-state index contributed by atoms with van der Waals surface area (Å²) in [5.41, 5.74) is 0. The van der Waals surface area contributed by atoms with Crippen LogP contribution >= 0.6 is 35.8 Å². The topological polar surface area (TPSA) is 0 Å². The summed E-state index contributed by atoms with van der Waals surface area (Å²) in [7, 11) is 0. The Morgan fingerprint density at radius 1 is 1.09 bits per heavy atom. The van der Waals surface area contributed by atoms with Crippen molar-refractivity contribution in [1.82, 2.24) is 0 Å². The van der Waals surface area contributed by atoms with Gasteiger partial charge in [0.05, 0.1) is 10.0 Å². The minimum absolute atomic E-state index is 0.589. The Morgan fingerprint density at radius 3 is 1.73 bits per heavy atom. The summed E-state index contributed by atoms with van der Waals surface area (Å²) in [6.45, 7) is 4.00. The third-order valence-electron chi connectivity index (χ3n) is 0.938. The summed E-state index contributed by atoms with van der Waals surface area (Å²) < 4.78 is 0. The van der Waals surface area contributed by atoms with E-state index in [4.69, 9.17) is 23.2 Å². The lowest BCUT2D eigenvalue weighted by molar-refractivity contribution is 1.48. The molecule has 0 saturated heterocycles. The Balaban J connectivity index is 0.000000461. The van der Waals surface area contributed by atoms with Crippen LogP contribution in [-0.2, 0) is 0 Å². The van der Waals surface area contributed by atoms with Gasteiger partial charge in [0, 0.05) is 4.90 Å². The van der Waals surface area contributed by atoms with Crippen LogP contribution in [0.2, 0.25) is 10.0 Å². The average molecular weight is 209 g/mol. The first-order chi connectivity index (χ1) is 5.22. The van der Waals surface area contributed by atoms with E-state index < -0.39 is 0 Å². The van der Waals surface area contributed by atoms with E-state index in [1.54, 1.807) is 18.2 Å². The maximum Gasteiger partial charge on any atom is 0.0554 e. The van der Waals surface area contributed by atoms with E-state index in [-0.39, 0.29) is 0 Å².